The summed E-state index contributed by atoms with van der Waals surface area (Å²) in [5.41, 5.74) is 3.19. The second-order valence-corrected chi connectivity index (χ2v) is 7.84. The van der Waals surface area contributed by atoms with Crippen molar-refractivity contribution >= 4 is 12.0 Å². The summed E-state index contributed by atoms with van der Waals surface area (Å²) in [4.78, 5) is 22.7. The summed E-state index contributed by atoms with van der Waals surface area (Å²) in [5, 5.41) is 0. The first kappa shape index (κ1) is 21.5. The van der Waals surface area contributed by atoms with Gasteiger partial charge in [-0.25, -0.2) is 9.97 Å². The Bertz CT molecular complexity index is 1170. The number of amides is 1. The van der Waals surface area contributed by atoms with Crippen LogP contribution in [0.2, 0.25) is 0 Å². The Hall–Kier alpha value is -3.68. The van der Waals surface area contributed by atoms with Gasteiger partial charge in [0.05, 0.1) is 37.4 Å². The van der Waals surface area contributed by atoms with Crippen LogP contribution in [-0.4, -0.2) is 45.1 Å². The highest BCUT2D eigenvalue weighted by atomic mass is 19.1. The fraction of sp³-hybridized carbons (Fsp3) is 0.292. The number of aryl methyl sites for hydroxylation is 1. The van der Waals surface area contributed by atoms with Gasteiger partial charge in [0.2, 0.25) is 5.95 Å². The van der Waals surface area contributed by atoms with Crippen LogP contribution >= 0.6 is 0 Å². The van der Waals surface area contributed by atoms with Crippen molar-refractivity contribution in [3.05, 3.63) is 77.6 Å². The van der Waals surface area contributed by atoms with Gasteiger partial charge < -0.3 is 18.9 Å². The van der Waals surface area contributed by atoms with E-state index in [9.17, 15) is 9.18 Å². The quantitative estimate of drug-likeness (QED) is 0.445. The molecule has 0 bridgehead atoms. The monoisotopic (exact) mass is 436 g/mol. The maximum Gasteiger partial charge on any atom is 0.289 e. The van der Waals surface area contributed by atoms with Crippen molar-refractivity contribution in [1.82, 2.24) is 19.4 Å². The maximum atomic E-state index is 13.6. The highest BCUT2D eigenvalue weighted by Crippen LogP contribution is 2.30. The van der Waals surface area contributed by atoms with E-state index in [0.29, 0.717) is 17.9 Å². The lowest BCUT2D eigenvalue weighted by molar-refractivity contribution is -0.141. The molecule has 166 valence electrons. The second kappa shape index (κ2) is 8.82. The van der Waals surface area contributed by atoms with Crippen LogP contribution in [0, 0.1) is 12.9 Å². The lowest BCUT2D eigenvalue weighted by atomic mass is 10.1. The molecule has 0 N–H and O–H groups in total. The smallest absolute Gasteiger partial charge is 0.289 e. The molecule has 8 heteroatoms. The number of pyridine rings is 1. The SMILES string of the molecule is COc1cc(C=C2OC(C)CN([C@H](C)c3ccnc(F)c3)C2=O)ccc1-n1cnc(C)c1. The molecule has 2 atom stereocenters. The Balaban J connectivity index is 1.63. The molecule has 1 saturated heterocycles. The van der Waals surface area contributed by atoms with Gasteiger partial charge in [-0.1, -0.05) is 6.07 Å². The van der Waals surface area contributed by atoms with Crippen LogP contribution in [0.15, 0.2) is 54.8 Å². The molecular weight excluding hydrogens is 411 g/mol. The number of rotatable bonds is 5. The van der Waals surface area contributed by atoms with Crippen LogP contribution in [0.5, 0.6) is 5.75 Å². The molecule has 0 saturated carbocycles. The van der Waals surface area contributed by atoms with E-state index in [0.717, 1.165) is 16.9 Å². The number of nitrogens with zero attached hydrogens (tertiary/aromatic N) is 4. The van der Waals surface area contributed by atoms with Crippen molar-refractivity contribution in [3.8, 4) is 11.4 Å². The lowest BCUT2D eigenvalue weighted by Crippen LogP contribution is -2.45. The van der Waals surface area contributed by atoms with Crippen LogP contribution in [-0.2, 0) is 9.53 Å². The molecule has 32 heavy (non-hydrogen) atoms. The summed E-state index contributed by atoms with van der Waals surface area (Å²) in [7, 11) is 1.60. The standard InChI is InChI=1S/C24H25FN4O3/c1-15-12-28(14-27-15)20-6-5-18(9-21(20)31-4)10-22-24(30)29(13-16(2)32-22)17(3)19-7-8-26-23(25)11-19/h5-12,14,16-17H,13H2,1-4H3/t16?,17-/m1/s1. The van der Waals surface area contributed by atoms with Crippen molar-refractivity contribution in [2.45, 2.75) is 32.9 Å². The van der Waals surface area contributed by atoms with Crippen molar-refractivity contribution in [1.29, 1.82) is 0 Å². The van der Waals surface area contributed by atoms with Gasteiger partial charge in [-0.05, 0) is 62.2 Å². The first-order valence-corrected chi connectivity index (χ1v) is 10.4. The number of halogens is 1. The molecule has 0 radical (unpaired) electrons. The third kappa shape index (κ3) is 4.34. The van der Waals surface area contributed by atoms with E-state index < -0.39 is 5.95 Å². The molecule has 4 rings (SSSR count). The normalized spacial score (nSPS) is 18.5. The number of aromatic nitrogens is 3. The number of morpholine rings is 1. The van der Waals surface area contributed by atoms with Crippen molar-refractivity contribution in [2.24, 2.45) is 0 Å². The largest absolute Gasteiger partial charge is 0.495 e. The highest BCUT2D eigenvalue weighted by molar-refractivity contribution is 5.96. The Morgan fingerprint density at radius 1 is 1.28 bits per heavy atom. The first-order chi connectivity index (χ1) is 15.4. The van der Waals surface area contributed by atoms with Crippen molar-refractivity contribution in [2.75, 3.05) is 13.7 Å². The summed E-state index contributed by atoms with van der Waals surface area (Å²) < 4.78 is 26.9. The Morgan fingerprint density at radius 3 is 2.78 bits per heavy atom. The van der Waals surface area contributed by atoms with Crippen molar-refractivity contribution < 1.29 is 18.7 Å². The summed E-state index contributed by atoms with van der Waals surface area (Å²) in [5.74, 6) is 0.0594. The maximum absolute atomic E-state index is 13.6. The minimum atomic E-state index is -0.570. The molecular formula is C24H25FN4O3. The average Bonchev–Trinajstić information content (AvgIpc) is 3.21. The number of carbonyl (C=O) groups excluding carboxylic acids is 1. The number of methoxy groups -OCH3 is 1. The summed E-state index contributed by atoms with van der Waals surface area (Å²) >= 11 is 0. The van der Waals surface area contributed by atoms with Gasteiger partial charge in [0, 0.05) is 12.4 Å². The third-order valence-corrected chi connectivity index (χ3v) is 5.45. The van der Waals surface area contributed by atoms with Gasteiger partial charge in [0.25, 0.3) is 5.91 Å². The van der Waals surface area contributed by atoms with Crippen LogP contribution < -0.4 is 4.74 Å². The number of hydrogen-bond acceptors (Lipinski definition) is 5. The summed E-state index contributed by atoms with van der Waals surface area (Å²) in [6.07, 6.45) is 6.54. The van der Waals surface area contributed by atoms with Gasteiger partial charge in [-0.15, -0.1) is 0 Å². The molecule has 1 aliphatic heterocycles. The zero-order valence-electron chi connectivity index (χ0n) is 18.4. The number of benzene rings is 1. The Labute approximate surface area is 186 Å². The van der Waals surface area contributed by atoms with E-state index >= 15 is 0 Å². The Kier molecular flexibility index (Phi) is 5.94. The molecule has 2 aromatic heterocycles. The van der Waals surface area contributed by atoms with E-state index in [2.05, 4.69) is 9.97 Å². The van der Waals surface area contributed by atoms with E-state index in [-0.39, 0.29) is 23.8 Å². The molecule has 7 nitrogen and oxygen atoms in total. The van der Waals surface area contributed by atoms with E-state index in [4.69, 9.17) is 9.47 Å². The van der Waals surface area contributed by atoms with Crippen LogP contribution in [0.1, 0.15) is 36.7 Å². The first-order valence-electron chi connectivity index (χ1n) is 10.4. The van der Waals surface area contributed by atoms with Crippen LogP contribution in [0.4, 0.5) is 4.39 Å². The van der Waals surface area contributed by atoms with Gasteiger partial charge >= 0.3 is 0 Å². The fourth-order valence-corrected chi connectivity index (χ4v) is 3.79. The molecule has 0 aliphatic carbocycles. The topological polar surface area (TPSA) is 69.5 Å². The van der Waals surface area contributed by atoms with Gasteiger partial charge in [0.1, 0.15) is 11.9 Å². The van der Waals surface area contributed by atoms with Gasteiger partial charge in [-0.3, -0.25) is 4.79 Å². The van der Waals surface area contributed by atoms with E-state index in [1.807, 2.05) is 49.7 Å². The molecule has 1 aliphatic rings. The third-order valence-electron chi connectivity index (χ3n) is 5.45. The lowest BCUT2D eigenvalue weighted by Gasteiger charge is -2.37. The Morgan fingerprint density at radius 2 is 2.09 bits per heavy atom. The number of carbonyl (C=O) groups is 1. The van der Waals surface area contributed by atoms with Gasteiger partial charge in [0.15, 0.2) is 5.76 Å². The number of imidazole rings is 1. The number of hydrogen-bond donors (Lipinski definition) is 0. The second-order valence-electron chi connectivity index (χ2n) is 7.84. The number of ether oxygens (including phenoxy) is 2. The predicted octanol–water partition coefficient (Wildman–Crippen LogP) is 4.07. The van der Waals surface area contributed by atoms with Gasteiger partial charge in [-0.2, -0.15) is 4.39 Å². The van der Waals surface area contributed by atoms with Crippen LogP contribution in [0.3, 0.4) is 0 Å². The molecule has 1 aromatic carbocycles. The zero-order valence-corrected chi connectivity index (χ0v) is 18.4. The average molecular weight is 436 g/mol. The minimum absolute atomic E-state index is 0.205. The molecule has 0 spiro atoms. The van der Waals surface area contributed by atoms with Crippen LogP contribution in [0.25, 0.3) is 11.8 Å². The summed E-state index contributed by atoms with van der Waals surface area (Å²) in [6, 6.07) is 8.39. The minimum Gasteiger partial charge on any atom is -0.495 e. The molecule has 1 unspecified atom stereocenters. The zero-order chi connectivity index (χ0) is 22.8. The predicted molar refractivity (Wildman–Crippen MR) is 118 cm³/mol. The molecule has 3 heterocycles. The van der Waals surface area contributed by atoms with E-state index in [1.54, 1.807) is 30.5 Å². The summed E-state index contributed by atoms with van der Waals surface area (Å²) in [6.45, 7) is 6.09. The molecule has 3 aromatic rings. The molecule has 1 fully saturated rings. The fourth-order valence-electron chi connectivity index (χ4n) is 3.79. The van der Waals surface area contributed by atoms with E-state index in [1.165, 1.54) is 12.3 Å². The molecule has 1 amide bonds. The van der Waals surface area contributed by atoms with Crippen molar-refractivity contribution in [3.63, 3.8) is 0 Å². The highest BCUT2D eigenvalue weighted by Gasteiger charge is 2.33.